The van der Waals surface area contributed by atoms with E-state index in [4.69, 9.17) is 0 Å². The Hall–Kier alpha value is -2.82. The number of hydrogen-bond donors (Lipinski definition) is 1. The van der Waals surface area contributed by atoms with Gasteiger partial charge in [-0.15, -0.1) is 0 Å². The Labute approximate surface area is 141 Å². The van der Waals surface area contributed by atoms with Gasteiger partial charge in [0.05, 0.1) is 17.8 Å². The number of carbonyl (C=O) groups excluding carboxylic acids is 1. The van der Waals surface area contributed by atoms with Crippen LogP contribution in [0.3, 0.4) is 0 Å². The van der Waals surface area contributed by atoms with Crippen LogP contribution in [-0.2, 0) is 11.2 Å². The number of anilines is 2. The number of pyridine rings is 1. The summed E-state index contributed by atoms with van der Waals surface area (Å²) in [7, 11) is 3.98. The van der Waals surface area contributed by atoms with Crippen molar-refractivity contribution in [2.24, 2.45) is 0 Å². The topological polar surface area (TPSA) is 49.6 Å². The number of hydrogen-bond acceptors (Lipinski definition) is 3. The first-order chi connectivity index (χ1) is 11.5. The first-order valence-corrected chi connectivity index (χ1v) is 7.96. The lowest BCUT2D eigenvalue weighted by molar-refractivity contribution is -0.115. The molecule has 0 fully saturated rings. The third-order valence-corrected chi connectivity index (χ3v) is 4.14. The van der Waals surface area contributed by atoms with Crippen molar-refractivity contribution in [3.05, 3.63) is 59.5 Å². The van der Waals surface area contributed by atoms with Crippen LogP contribution in [0.5, 0.6) is 0 Å². The fourth-order valence-corrected chi connectivity index (χ4v) is 2.78. The second-order valence-electron chi connectivity index (χ2n) is 6.19. The summed E-state index contributed by atoms with van der Waals surface area (Å²) in [6.07, 6.45) is 2.25. The van der Waals surface area contributed by atoms with Crippen LogP contribution in [0.15, 0.2) is 42.6 Å². The Morgan fingerprint density at radius 3 is 2.54 bits per heavy atom. The molecule has 0 unspecified atom stereocenters. The van der Waals surface area contributed by atoms with E-state index in [0.717, 1.165) is 34.0 Å². The number of benzene rings is 1. The van der Waals surface area contributed by atoms with Crippen LogP contribution in [0, 0.1) is 13.8 Å². The van der Waals surface area contributed by atoms with E-state index in [1.165, 1.54) is 0 Å². The number of aromatic nitrogens is 2. The molecule has 2 heterocycles. The van der Waals surface area contributed by atoms with Crippen molar-refractivity contribution < 1.29 is 4.79 Å². The second-order valence-corrected chi connectivity index (χ2v) is 6.19. The van der Waals surface area contributed by atoms with Crippen molar-refractivity contribution in [2.45, 2.75) is 20.3 Å². The fourth-order valence-electron chi connectivity index (χ4n) is 2.78. The Bertz CT molecular complexity index is 878. The number of amides is 1. The zero-order chi connectivity index (χ0) is 17.3. The van der Waals surface area contributed by atoms with Crippen molar-refractivity contribution in [1.82, 2.24) is 9.38 Å². The summed E-state index contributed by atoms with van der Waals surface area (Å²) in [5.41, 5.74) is 5.73. The molecule has 5 nitrogen and oxygen atoms in total. The highest BCUT2D eigenvalue weighted by Gasteiger charge is 2.14. The van der Waals surface area contributed by atoms with E-state index in [1.54, 1.807) is 0 Å². The fraction of sp³-hybridized carbons (Fsp3) is 0.263. The maximum atomic E-state index is 12.4. The van der Waals surface area contributed by atoms with Gasteiger partial charge in [-0.05, 0) is 49.7 Å². The van der Waals surface area contributed by atoms with Gasteiger partial charge in [-0.25, -0.2) is 4.98 Å². The molecule has 3 aromatic rings. The average Bonchev–Trinajstić information content (AvgIpc) is 2.85. The van der Waals surface area contributed by atoms with Gasteiger partial charge in [0.1, 0.15) is 5.65 Å². The number of fused-ring (bicyclic) bond motifs is 1. The number of nitrogens with one attached hydrogen (secondary N) is 1. The smallest absolute Gasteiger partial charge is 0.230 e. The van der Waals surface area contributed by atoms with Gasteiger partial charge in [0.25, 0.3) is 0 Å². The van der Waals surface area contributed by atoms with Gasteiger partial charge in [0.2, 0.25) is 5.91 Å². The van der Waals surface area contributed by atoms with Crippen molar-refractivity contribution in [1.29, 1.82) is 0 Å². The second kappa shape index (κ2) is 6.35. The summed E-state index contributed by atoms with van der Waals surface area (Å²) in [6.45, 7) is 3.97. The van der Waals surface area contributed by atoms with Crippen LogP contribution < -0.4 is 10.2 Å². The minimum Gasteiger partial charge on any atom is -0.378 e. The highest BCUT2D eigenvalue weighted by molar-refractivity contribution is 5.92. The van der Waals surface area contributed by atoms with Gasteiger partial charge >= 0.3 is 0 Å². The molecule has 0 bridgehead atoms. The Balaban J connectivity index is 1.78. The van der Waals surface area contributed by atoms with E-state index < -0.39 is 0 Å². The van der Waals surface area contributed by atoms with E-state index >= 15 is 0 Å². The minimum atomic E-state index is -0.0426. The maximum Gasteiger partial charge on any atom is 0.230 e. The van der Waals surface area contributed by atoms with Crippen molar-refractivity contribution >= 4 is 22.9 Å². The molecule has 0 saturated heterocycles. The van der Waals surface area contributed by atoms with Gasteiger partial charge in [-0.1, -0.05) is 6.07 Å². The van der Waals surface area contributed by atoms with Crippen LogP contribution in [0.2, 0.25) is 0 Å². The number of imidazole rings is 1. The minimum absolute atomic E-state index is 0.0426. The first kappa shape index (κ1) is 16.1. The van der Waals surface area contributed by atoms with Gasteiger partial charge < -0.3 is 14.6 Å². The quantitative estimate of drug-likeness (QED) is 0.802. The molecule has 1 N–H and O–H groups in total. The van der Waals surface area contributed by atoms with E-state index in [0.29, 0.717) is 6.42 Å². The Morgan fingerprint density at radius 1 is 1.17 bits per heavy atom. The van der Waals surface area contributed by atoms with Gasteiger partial charge in [-0.3, -0.25) is 4.79 Å². The number of aryl methyl sites for hydroxylation is 2. The number of nitrogens with zero attached hydrogens (tertiary/aromatic N) is 3. The molecule has 0 radical (unpaired) electrons. The summed E-state index contributed by atoms with van der Waals surface area (Å²) in [6, 6.07) is 11.8. The van der Waals surface area contributed by atoms with E-state index in [-0.39, 0.29) is 5.91 Å². The predicted octanol–water partition coefficient (Wildman–Crippen LogP) is 3.20. The van der Waals surface area contributed by atoms with Gasteiger partial charge in [0, 0.05) is 31.7 Å². The van der Waals surface area contributed by atoms with Gasteiger partial charge in [0.15, 0.2) is 0 Å². The lowest BCUT2D eigenvalue weighted by Crippen LogP contribution is -2.16. The van der Waals surface area contributed by atoms with E-state index in [1.807, 2.05) is 79.8 Å². The van der Waals surface area contributed by atoms with Crippen molar-refractivity contribution in [3.63, 3.8) is 0 Å². The normalized spacial score (nSPS) is 10.8. The molecule has 0 spiro atoms. The summed E-state index contributed by atoms with van der Waals surface area (Å²) < 4.78 is 2.00. The predicted molar refractivity (Wildman–Crippen MR) is 97.8 cm³/mol. The molecule has 0 aliphatic rings. The average molecular weight is 322 g/mol. The molecule has 24 heavy (non-hydrogen) atoms. The first-order valence-electron chi connectivity index (χ1n) is 7.96. The zero-order valence-electron chi connectivity index (χ0n) is 14.5. The highest BCUT2D eigenvalue weighted by Crippen LogP contribution is 2.18. The molecular weight excluding hydrogens is 300 g/mol. The lowest BCUT2D eigenvalue weighted by atomic mass is 10.2. The van der Waals surface area contributed by atoms with Crippen molar-refractivity contribution in [2.75, 3.05) is 24.3 Å². The number of carbonyl (C=O) groups is 1. The molecule has 5 heteroatoms. The van der Waals surface area contributed by atoms with E-state index in [9.17, 15) is 4.79 Å². The third-order valence-electron chi connectivity index (χ3n) is 4.14. The number of rotatable bonds is 4. The molecule has 1 aromatic carbocycles. The molecular formula is C19H22N4O. The maximum absolute atomic E-state index is 12.4. The monoisotopic (exact) mass is 322 g/mol. The molecule has 124 valence electrons. The summed E-state index contributed by atoms with van der Waals surface area (Å²) in [4.78, 5) is 19.0. The molecule has 0 aliphatic heterocycles. The van der Waals surface area contributed by atoms with Crippen LogP contribution in [0.4, 0.5) is 11.4 Å². The summed E-state index contributed by atoms with van der Waals surface area (Å²) in [5, 5.41) is 2.95. The largest absolute Gasteiger partial charge is 0.378 e. The highest BCUT2D eigenvalue weighted by atomic mass is 16.1. The summed E-state index contributed by atoms with van der Waals surface area (Å²) >= 11 is 0. The standard InChI is InChI=1S/C19H22N4O/c1-13-6-5-11-23-17(14(2)20-19(13)23)12-18(24)21-15-7-9-16(10-8-15)22(3)4/h5-11H,12H2,1-4H3,(H,21,24). The summed E-state index contributed by atoms with van der Waals surface area (Å²) in [5.74, 6) is -0.0426. The van der Waals surface area contributed by atoms with Crippen molar-refractivity contribution in [3.8, 4) is 0 Å². The molecule has 2 aromatic heterocycles. The van der Waals surface area contributed by atoms with Gasteiger partial charge in [-0.2, -0.15) is 0 Å². The van der Waals surface area contributed by atoms with Crippen LogP contribution >= 0.6 is 0 Å². The molecule has 0 saturated carbocycles. The lowest BCUT2D eigenvalue weighted by Gasteiger charge is -2.13. The molecule has 1 amide bonds. The Kier molecular flexibility index (Phi) is 4.25. The SMILES string of the molecule is Cc1nc2c(C)cccn2c1CC(=O)Nc1ccc(N(C)C)cc1. The third kappa shape index (κ3) is 3.11. The van der Waals surface area contributed by atoms with E-state index in [2.05, 4.69) is 10.3 Å². The zero-order valence-corrected chi connectivity index (χ0v) is 14.5. The Morgan fingerprint density at radius 2 is 1.88 bits per heavy atom. The van der Waals surface area contributed by atoms with Crippen LogP contribution in [0.1, 0.15) is 17.0 Å². The van der Waals surface area contributed by atoms with Crippen LogP contribution in [0.25, 0.3) is 5.65 Å². The molecule has 3 rings (SSSR count). The molecule has 0 aliphatic carbocycles. The van der Waals surface area contributed by atoms with Crippen LogP contribution in [-0.4, -0.2) is 29.4 Å². The molecule has 0 atom stereocenters.